The number of benzene rings is 1. The predicted octanol–water partition coefficient (Wildman–Crippen LogP) is 1.45. The Labute approximate surface area is 106 Å². The summed E-state index contributed by atoms with van der Waals surface area (Å²) in [5.41, 5.74) is 6.68. The molecule has 0 saturated heterocycles. The molecule has 0 aliphatic carbocycles. The van der Waals surface area contributed by atoms with E-state index in [1.165, 1.54) is 0 Å². The fourth-order valence-corrected chi connectivity index (χ4v) is 1.49. The van der Waals surface area contributed by atoms with E-state index < -0.39 is 0 Å². The van der Waals surface area contributed by atoms with Gasteiger partial charge in [-0.2, -0.15) is 5.10 Å². The van der Waals surface area contributed by atoms with Gasteiger partial charge in [0.1, 0.15) is 11.6 Å². The van der Waals surface area contributed by atoms with Gasteiger partial charge in [-0.05, 0) is 31.2 Å². The van der Waals surface area contributed by atoms with Gasteiger partial charge < -0.3 is 15.8 Å². The second kappa shape index (κ2) is 5.50. The van der Waals surface area contributed by atoms with Crippen LogP contribution in [0.3, 0.4) is 0 Å². The average Bonchev–Trinajstić information content (AvgIpc) is 2.86. The average molecular weight is 247 g/mol. The largest absolute Gasteiger partial charge is 0.497 e. The van der Waals surface area contributed by atoms with Crippen LogP contribution in [0.25, 0.3) is 0 Å². The van der Waals surface area contributed by atoms with E-state index >= 15 is 0 Å². The van der Waals surface area contributed by atoms with Crippen LogP contribution in [0.4, 0.5) is 5.69 Å². The molecule has 0 aliphatic heterocycles. The summed E-state index contributed by atoms with van der Waals surface area (Å²) in [6.07, 6.45) is 0. The van der Waals surface area contributed by atoms with Crippen LogP contribution >= 0.6 is 0 Å². The van der Waals surface area contributed by atoms with Crippen LogP contribution in [0.1, 0.15) is 24.6 Å². The molecule has 0 amide bonds. The fourth-order valence-electron chi connectivity index (χ4n) is 1.49. The number of aromatic amines is 1. The molecule has 0 radical (unpaired) electrons. The van der Waals surface area contributed by atoms with Gasteiger partial charge in [-0.15, -0.1) is 0 Å². The summed E-state index contributed by atoms with van der Waals surface area (Å²) in [5.74, 6) is 2.22. The summed E-state index contributed by atoms with van der Waals surface area (Å²) in [4.78, 5) is 4.28. The minimum atomic E-state index is -0.156. The maximum Gasteiger partial charge on any atom is 0.167 e. The van der Waals surface area contributed by atoms with E-state index in [0.29, 0.717) is 12.4 Å². The van der Waals surface area contributed by atoms with Gasteiger partial charge in [-0.3, -0.25) is 5.10 Å². The van der Waals surface area contributed by atoms with Crippen molar-refractivity contribution in [2.75, 3.05) is 12.4 Å². The van der Waals surface area contributed by atoms with Crippen LogP contribution in [-0.2, 0) is 6.54 Å². The topological polar surface area (TPSA) is 88.8 Å². The first-order valence-corrected chi connectivity index (χ1v) is 5.73. The molecule has 4 N–H and O–H groups in total. The van der Waals surface area contributed by atoms with Crippen LogP contribution in [0.2, 0.25) is 0 Å². The lowest BCUT2D eigenvalue weighted by Crippen LogP contribution is -2.07. The minimum absolute atomic E-state index is 0.156. The predicted molar refractivity (Wildman–Crippen MR) is 69.3 cm³/mol. The smallest absolute Gasteiger partial charge is 0.167 e. The number of ether oxygens (including phenoxy) is 1. The van der Waals surface area contributed by atoms with Gasteiger partial charge in [0.15, 0.2) is 5.82 Å². The Hall–Kier alpha value is -2.08. The Kier molecular flexibility index (Phi) is 3.78. The van der Waals surface area contributed by atoms with Crippen LogP contribution in [0.15, 0.2) is 24.3 Å². The molecule has 18 heavy (non-hydrogen) atoms. The van der Waals surface area contributed by atoms with Crippen molar-refractivity contribution < 1.29 is 4.74 Å². The lowest BCUT2D eigenvalue weighted by atomic mass is 10.3. The van der Waals surface area contributed by atoms with Crippen LogP contribution in [-0.4, -0.2) is 22.3 Å². The minimum Gasteiger partial charge on any atom is -0.497 e. The third kappa shape index (κ3) is 2.98. The molecule has 2 rings (SSSR count). The van der Waals surface area contributed by atoms with Gasteiger partial charge in [-0.25, -0.2) is 4.98 Å². The molecule has 1 aromatic heterocycles. The number of rotatable bonds is 5. The van der Waals surface area contributed by atoms with Gasteiger partial charge >= 0.3 is 0 Å². The summed E-state index contributed by atoms with van der Waals surface area (Å²) >= 11 is 0. The normalized spacial score (nSPS) is 12.2. The first kappa shape index (κ1) is 12.4. The van der Waals surface area contributed by atoms with Gasteiger partial charge in [0.05, 0.1) is 19.7 Å². The van der Waals surface area contributed by atoms with Crippen molar-refractivity contribution in [2.45, 2.75) is 19.5 Å². The molecule has 1 heterocycles. The Morgan fingerprint density at radius 2 is 2.11 bits per heavy atom. The molecule has 0 unspecified atom stereocenters. The highest BCUT2D eigenvalue weighted by Gasteiger charge is 2.06. The molecule has 96 valence electrons. The highest BCUT2D eigenvalue weighted by molar-refractivity contribution is 5.46. The number of nitrogens with one attached hydrogen (secondary N) is 2. The van der Waals surface area contributed by atoms with E-state index in [0.717, 1.165) is 17.3 Å². The van der Waals surface area contributed by atoms with Crippen molar-refractivity contribution >= 4 is 5.69 Å². The Morgan fingerprint density at radius 1 is 1.39 bits per heavy atom. The molecule has 0 bridgehead atoms. The summed E-state index contributed by atoms with van der Waals surface area (Å²) in [5, 5.41) is 10.1. The number of H-pyrrole nitrogens is 1. The number of anilines is 1. The highest BCUT2D eigenvalue weighted by Crippen LogP contribution is 2.15. The van der Waals surface area contributed by atoms with Crippen molar-refractivity contribution in [3.63, 3.8) is 0 Å². The molecule has 1 aromatic carbocycles. The monoisotopic (exact) mass is 247 g/mol. The molecule has 6 heteroatoms. The fraction of sp³-hybridized carbons (Fsp3) is 0.333. The Balaban J connectivity index is 1.93. The quantitative estimate of drug-likeness (QED) is 0.744. The number of nitrogens with two attached hydrogens (primary N) is 1. The van der Waals surface area contributed by atoms with Crippen molar-refractivity contribution in [2.24, 2.45) is 5.73 Å². The molecule has 1 atom stereocenters. The molecule has 0 aliphatic rings. The summed E-state index contributed by atoms with van der Waals surface area (Å²) < 4.78 is 5.09. The number of hydrogen-bond acceptors (Lipinski definition) is 5. The maximum absolute atomic E-state index is 5.69. The van der Waals surface area contributed by atoms with Gasteiger partial charge in [0.2, 0.25) is 0 Å². The molecular weight excluding hydrogens is 230 g/mol. The standard InChI is InChI=1S/C12H17N5O/c1-8(13)12-15-11(16-17-12)7-14-9-3-5-10(18-2)6-4-9/h3-6,8,14H,7,13H2,1-2H3,(H,15,16,17)/t8-/m1/s1. The van der Waals surface area contributed by atoms with Crippen molar-refractivity contribution in [3.8, 4) is 5.75 Å². The first-order chi connectivity index (χ1) is 8.69. The zero-order valence-electron chi connectivity index (χ0n) is 10.5. The summed E-state index contributed by atoms with van der Waals surface area (Å²) in [6.45, 7) is 2.43. The zero-order chi connectivity index (χ0) is 13.0. The van der Waals surface area contributed by atoms with Crippen LogP contribution in [0.5, 0.6) is 5.75 Å². The number of methoxy groups -OCH3 is 1. The van der Waals surface area contributed by atoms with E-state index in [1.54, 1.807) is 7.11 Å². The van der Waals surface area contributed by atoms with Crippen molar-refractivity contribution in [3.05, 3.63) is 35.9 Å². The van der Waals surface area contributed by atoms with Crippen molar-refractivity contribution in [1.82, 2.24) is 15.2 Å². The number of hydrogen-bond donors (Lipinski definition) is 3. The molecule has 0 spiro atoms. The molecular formula is C12H17N5O. The highest BCUT2D eigenvalue weighted by atomic mass is 16.5. The van der Waals surface area contributed by atoms with E-state index in [-0.39, 0.29) is 6.04 Å². The molecule has 0 fully saturated rings. The molecule has 0 saturated carbocycles. The molecule has 6 nitrogen and oxygen atoms in total. The zero-order valence-corrected chi connectivity index (χ0v) is 10.5. The lowest BCUT2D eigenvalue weighted by molar-refractivity contribution is 0.415. The first-order valence-electron chi connectivity index (χ1n) is 5.73. The SMILES string of the molecule is COc1ccc(NCc2nc([C@@H](C)N)n[nH]2)cc1. The van der Waals surface area contributed by atoms with E-state index in [9.17, 15) is 0 Å². The lowest BCUT2D eigenvalue weighted by Gasteiger charge is -2.05. The van der Waals surface area contributed by atoms with Crippen LogP contribution < -0.4 is 15.8 Å². The Morgan fingerprint density at radius 3 is 2.67 bits per heavy atom. The van der Waals surface area contributed by atoms with E-state index in [2.05, 4.69) is 20.5 Å². The number of nitrogens with zero attached hydrogens (tertiary/aromatic N) is 2. The Bertz CT molecular complexity index is 491. The van der Waals surface area contributed by atoms with E-state index in [4.69, 9.17) is 10.5 Å². The molecule has 2 aromatic rings. The number of aromatic nitrogens is 3. The third-order valence-corrected chi connectivity index (χ3v) is 2.51. The summed E-state index contributed by atoms with van der Waals surface area (Å²) in [6, 6.07) is 7.53. The van der Waals surface area contributed by atoms with Crippen molar-refractivity contribution in [1.29, 1.82) is 0 Å². The summed E-state index contributed by atoms with van der Waals surface area (Å²) in [7, 11) is 1.65. The van der Waals surface area contributed by atoms with E-state index in [1.807, 2.05) is 31.2 Å². The van der Waals surface area contributed by atoms with Gasteiger partial charge in [0.25, 0.3) is 0 Å². The third-order valence-electron chi connectivity index (χ3n) is 2.51. The van der Waals surface area contributed by atoms with Gasteiger partial charge in [-0.1, -0.05) is 0 Å². The second-order valence-electron chi connectivity index (χ2n) is 4.01. The van der Waals surface area contributed by atoms with Gasteiger partial charge in [0, 0.05) is 5.69 Å². The van der Waals surface area contributed by atoms with Crippen LogP contribution in [0, 0.1) is 0 Å². The second-order valence-corrected chi connectivity index (χ2v) is 4.01. The maximum atomic E-state index is 5.69.